The predicted octanol–water partition coefficient (Wildman–Crippen LogP) is 3.38. The Balaban J connectivity index is 1.67. The first-order valence-electron chi connectivity index (χ1n) is 10.6. The SMILES string of the molecule is CCCN(Cc1cc(-c2ccc(F)cc2)no1)c1c(N)n(Cc2ccccc2)c(=O)[nH]c1=O. The summed E-state index contributed by atoms with van der Waals surface area (Å²) in [7, 11) is 0. The van der Waals surface area contributed by atoms with Crippen molar-refractivity contribution in [3.8, 4) is 11.3 Å². The number of nitrogens with one attached hydrogen (secondary N) is 1. The van der Waals surface area contributed by atoms with Gasteiger partial charge in [0.25, 0.3) is 5.56 Å². The van der Waals surface area contributed by atoms with Gasteiger partial charge < -0.3 is 15.2 Å². The van der Waals surface area contributed by atoms with Crippen LogP contribution in [0.2, 0.25) is 0 Å². The number of aromatic amines is 1. The molecule has 0 unspecified atom stereocenters. The molecule has 0 fully saturated rings. The molecule has 0 aliphatic carbocycles. The highest BCUT2D eigenvalue weighted by Crippen LogP contribution is 2.24. The third-order valence-corrected chi connectivity index (χ3v) is 5.25. The molecule has 0 aliphatic heterocycles. The first-order valence-corrected chi connectivity index (χ1v) is 10.6. The highest BCUT2D eigenvalue weighted by atomic mass is 19.1. The summed E-state index contributed by atoms with van der Waals surface area (Å²) in [4.78, 5) is 29.4. The maximum absolute atomic E-state index is 13.2. The third kappa shape index (κ3) is 4.87. The summed E-state index contributed by atoms with van der Waals surface area (Å²) in [5.74, 6) is 0.249. The molecule has 2 aromatic heterocycles. The smallest absolute Gasteiger partial charge is 0.330 e. The van der Waals surface area contributed by atoms with Crippen LogP contribution in [-0.4, -0.2) is 21.3 Å². The van der Waals surface area contributed by atoms with E-state index in [1.54, 1.807) is 23.1 Å². The van der Waals surface area contributed by atoms with Crippen molar-refractivity contribution < 1.29 is 8.91 Å². The molecule has 4 aromatic rings. The van der Waals surface area contributed by atoms with E-state index >= 15 is 0 Å². The Morgan fingerprint density at radius 2 is 1.85 bits per heavy atom. The van der Waals surface area contributed by atoms with Crippen molar-refractivity contribution in [1.29, 1.82) is 0 Å². The molecule has 170 valence electrons. The van der Waals surface area contributed by atoms with Crippen LogP contribution in [0, 0.1) is 5.82 Å². The molecule has 0 atom stereocenters. The molecular weight excluding hydrogens is 425 g/mol. The van der Waals surface area contributed by atoms with Gasteiger partial charge in [-0.3, -0.25) is 14.3 Å². The van der Waals surface area contributed by atoms with Crippen molar-refractivity contribution in [2.75, 3.05) is 17.2 Å². The quantitative estimate of drug-likeness (QED) is 0.427. The zero-order chi connectivity index (χ0) is 23.4. The fourth-order valence-electron chi connectivity index (χ4n) is 3.68. The summed E-state index contributed by atoms with van der Waals surface area (Å²) in [6.07, 6.45) is 0.732. The Kier molecular flexibility index (Phi) is 6.39. The number of nitrogens with zero attached hydrogens (tertiary/aromatic N) is 3. The zero-order valence-corrected chi connectivity index (χ0v) is 18.1. The van der Waals surface area contributed by atoms with Gasteiger partial charge in [0.1, 0.15) is 23.0 Å². The number of H-pyrrole nitrogens is 1. The molecule has 0 radical (unpaired) electrons. The van der Waals surface area contributed by atoms with Gasteiger partial charge in [-0.1, -0.05) is 42.4 Å². The summed E-state index contributed by atoms with van der Waals surface area (Å²) in [5.41, 5.74) is 7.56. The lowest BCUT2D eigenvalue weighted by atomic mass is 10.1. The van der Waals surface area contributed by atoms with Gasteiger partial charge in [-0.05, 0) is 36.2 Å². The number of aromatic nitrogens is 3. The van der Waals surface area contributed by atoms with Crippen molar-refractivity contribution >= 4 is 11.5 Å². The lowest BCUT2D eigenvalue weighted by Crippen LogP contribution is -2.38. The van der Waals surface area contributed by atoms with Crippen LogP contribution in [0.3, 0.4) is 0 Å². The molecule has 0 spiro atoms. The Hall–Kier alpha value is -4.14. The molecule has 0 aliphatic rings. The molecule has 0 amide bonds. The molecule has 3 N–H and O–H groups in total. The maximum Gasteiger partial charge on any atom is 0.330 e. The fourth-order valence-corrected chi connectivity index (χ4v) is 3.68. The van der Waals surface area contributed by atoms with Crippen molar-refractivity contribution in [2.45, 2.75) is 26.4 Å². The fraction of sp³-hybridized carbons (Fsp3) is 0.208. The average molecular weight is 449 g/mol. The Morgan fingerprint density at radius 3 is 2.55 bits per heavy atom. The average Bonchev–Trinajstić information content (AvgIpc) is 3.26. The Morgan fingerprint density at radius 1 is 1.12 bits per heavy atom. The van der Waals surface area contributed by atoms with E-state index in [1.165, 1.54) is 16.7 Å². The van der Waals surface area contributed by atoms with Gasteiger partial charge in [0, 0.05) is 18.2 Å². The topological polar surface area (TPSA) is 110 Å². The summed E-state index contributed by atoms with van der Waals surface area (Å²) < 4.78 is 20.0. The van der Waals surface area contributed by atoms with Gasteiger partial charge in [-0.2, -0.15) is 0 Å². The normalized spacial score (nSPS) is 11.0. The summed E-state index contributed by atoms with van der Waals surface area (Å²) in [6, 6.07) is 17.1. The van der Waals surface area contributed by atoms with Gasteiger partial charge in [-0.25, -0.2) is 9.18 Å². The Bertz CT molecular complexity index is 1340. The number of halogens is 1. The van der Waals surface area contributed by atoms with Gasteiger partial charge in [-0.15, -0.1) is 0 Å². The van der Waals surface area contributed by atoms with Crippen LogP contribution in [0.25, 0.3) is 11.3 Å². The number of rotatable bonds is 8. The lowest BCUT2D eigenvalue weighted by molar-refractivity contribution is 0.382. The second-order valence-corrected chi connectivity index (χ2v) is 7.67. The molecule has 2 heterocycles. The molecular formula is C24H24FN5O3. The minimum absolute atomic E-state index is 0.0827. The van der Waals surface area contributed by atoms with Crippen molar-refractivity contribution in [3.63, 3.8) is 0 Å². The first-order chi connectivity index (χ1) is 16.0. The van der Waals surface area contributed by atoms with E-state index < -0.39 is 11.2 Å². The van der Waals surface area contributed by atoms with Crippen LogP contribution in [0.1, 0.15) is 24.7 Å². The lowest BCUT2D eigenvalue weighted by Gasteiger charge is -2.24. The van der Waals surface area contributed by atoms with Gasteiger partial charge in [0.2, 0.25) is 0 Å². The maximum atomic E-state index is 13.2. The molecule has 33 heavy (non-hydrogen) atoms. The van der Waals surface area contributed by atoms with E-state index in [0.29, 0.717) is 23.6 Å². The van der Waals surface area contributed by atoms with E-state index in [0.717, 1.165) is 12.0 Å². The molecule has 0 saturated carbocycles. The number of nitrogens with two attached hydrogens (primary N) is 1. The molecule has 0 saturated heterocycles. The van der Waals surface area contributed by atoms with Crippen LogP contribution >= 0.6 is 0 Å². The number of nitrogen functional groups attached to an aromatic ring is 1. The molecule has 9 heteroatoms. The number of hydrogen-bond acceptors (Lipinski definition) is 6. The van der Waals surface area contributed by atoms with Gasteiger partial charge >= 0.3 is 5.69 Å². The molecule has 8 nitrogen and oxygen atoms in total. The minimum Gasteiger partial charge on any atom is -0.383 e. The van der Waals surface area contributed by atoms with Crippen molar-refractivity contribution in [3.05, 3.63) is 98.6 Å². The molecule has 2 aromatic carbocycles. The largest absolute Gasteiger partial charge is 0.383 e. The summed E-state index contributed by atoms with van der Waals surface area (Å²) in [5, 5.41) is 4.06. The standard InChI is InChI=1S/C24H24FN5O3/c1-2-12-29(15-19-13-20(28-33-19)17-8-10-18(25)11-9-17)21-22(26)30(24(32)27-23(21)31)14-16-6-4-3-5-7-16/h3-11,13H,2,12,14-15,26H2,1H3,(H,27,31,32). The van der Waals surface area contributed by atoms with Crippen molar-refractivity contribution in [1.82, 2.24) is 14.7 Å². The second kappa shape index (κ2) is 9.56. The van der Waals surface area contributed by atoms with Crippen LogP contribution in [0.5, 0.6) is 0 Å². The Labute approximate surface area is 189 Å². The minimum atomic E-state index is -0.570. The van der Waals surface area contributed by atoms with Crippen molar-refractivity contribution in [2.24, 2.45) is 0 Å². The van der Waals surface area contributed by atoms with E-state index in [1.807, 2.05) is 37.3 Å². The van der Waals surface area contributed by atoms with E-state index in [9.17, 15) is 14.0 Å². The monoisotopic (exact) mass is 449 g/mol. The highest BCUT2D eigenvalue weighted by molar-refractivity contribution is 5.63. The van der Waals surface area contributed by atoms with Crippen LogP contribution < -0.4 is 21.9 Å². The number of benzene rings is 2. The van der Waals surface area contributed by atoms with Crippen LogP contribution in [0.15, 0.2) is 74.8 Å². The van der Waals surface area contributed by atoms with E-state index in [4.69, 9.17) is 10.3 Å². The third-order valence-electron chi connectivity index (χ3n) is 5.25. The molecule has 4 rings (SSSR count). The van der Waals surface area contributed by atoms with Gasteiger partial charge in [0.15, 0.2) is 5.76 Å². The van der Waals surface area contributed by atoms with E-state index in [-0.39, 0.29) is 30.4 Å². The van der Waals surface area contributed by atoms with Crippen LogP contribution in [0.4, 0.5) is 15.9 Å². The van der Waals surface area contributed by atoms with E-state index in [2.05, 4.69) is 10.1 Å². The molecule has 0 bridgehead atoms. The first kappa shape index (κ1) is 22.1. The second-order valence-electron chi connectivity index (χ2n) is 7.67. The zero-order valence-electron chi connectivity index (χ0n) is 18.1. The number of hydrogen-bond donors (Lipinski definition) is 2. The van der Waals surface area contributed by atoms with Gasteiger partial charge in [0.05, 0.1) is 13.1 Å². The van der Waals surface area contributed by atoms with Crippen LogP contribution in [-0.2, 0) is 13.1 Å². The predicted molar refractivity (Wildman–Crippen MR) is 125 cm³/mol. The number of anilines is 2. The summed E-state index contributed by atoms with van der Waals surface area (Å²) in [6.45, 7) is 2.93. The highest BCUT2D eigenvalue weighted by Gasteiger charge is 2.20. The summed E-state index contributed by atoms with van der Waals surface area (Å²) >= 11 is 0.